The van der Waals surface area contributed by atoms with E-state index in [-0.39, 0.29) is 0 Å². The minimum Gasteiger partial charge on any atom is -0.313 e. The number of hydrogen-bond acceptors (Lipinski definition) is 0. The van der Waals surface area contributed by atoms with Crippen molar-refractivity contribution in [1.82, 2.24) is 9.13 Å². The molecule has 0 amide bonds. The van der Waals surface area contributed by atoms with Gasteiger partial charge in [0.05, 0.1) is 16.6 Å². The van der Waals surface area contributed by atoms with Crippen molar-refractivity contribution in [2.24, 2.45) is 0 Å². The van der Waals surface area contributed by atoms with Crippen molar-refractivity contribution in [3.8, 4) is 11.4 Å². The highest BCUT2D eigenvalue weighted by Gasteiger charge is 2.21. The van der Waals surface area contributed by atoms with Crippen LogP contribution in [-0.4, -0.2) is 9.13 Å². The van der Waals surface area contributed by atoms with E-state index in [4.69, 9.17) is 0 Å². The summed E-state index contributed by atoms with van der Waals surface area (Å²) in [6, 6.07) is 35.4. The molecule has 32 heavy (non-hydrogen) atoms. The lowest BCUT2D eigenvalue weighted by Crippen LogP contribution is -2.07. The van der Waals surface area contributed by atoms with E-state index in [1.165, 1.54) is 69.0 Å². The molecule has 2 heterocycles. The molecule has 1 aliphatic carbocycles. The summed E-state index contributed by atoms with van der Waals surface area (Å²) in [5, 5.41) is 4.03. The first kappa shape index (κ1) is 17.9. The zero-order valence-electron chi connectivity index (χ0n) is 18.0. The Hall–Kier alpha value is -3.78. The molecule has 0 saturated carbocycles. The van der Waals surface area contributed by atoms with Gasteiger partial charge in [-0.25, -0.2) is 0 Å². The van der Waals surface area contributed by atoms with E-state index < -0.39 is 0 Å². The molecule has 154 valence electrons. The average Bonchev–Trinajstić information content (AvgIpc) is 3.37. The van der Waals surface area contributed by atoms with Crippen molar-refractivity contribution in [1.29, 1.82) is 0 Å². The van der Waals surface area contributed by atoms with Crippen LogP contribution >= 0.6 is 0 Å². The van der Waals surface area contributed by atoms with Gasteiger partial charge in [-0.1, -0.05) is 60.7 Å². The fourth-order valence-corrected chi connectivity index (χ4v) is 5.76. The first-order chi connectivity index (χ1) is 15.9. The van der Waals surface area contributed by atoms with E-state index in [1.54, 1.807) is 5.56 Å². The van der Waals surface area contributed by atoms with Crippen LogP contribution < -0.4 is 0 Å². The van der Waals surface area contributed by atoms with Crippen LogP contribution in [0.4, 0.5) is 0 Å². The first-order valence-electron chi connectivity index (χ1n) is 11.6. The number of aromatic nitrogens is 2. The molecule has 4 aromatic carbocycles. The van der Waals surface area contributed by atoms with Crippen LogP contribution in [0.25, 0.3) is 44.1 Å². The predicted molar refractivity (Wildman–Crippen MR) is 134 cm³/mol. The second-order valence-electron chi connectivity index (χ2n) is 8.87. The summed E-state index contributed by atoms with van der Waals surface area (Å²) in [5.41, 5.74) is 9.35. The van der Waals surface area contributed by atoms with E-state index in [0.717, 1.165) is 6.42 Å². The lowest BCUT2D eigenvalue weighted by atomic mass is 9.95. The number of para-hydroxylation sites is 3. The Morgan fingerprint density at radius 1 is 0.469 bits per heavy atom. The van der Waals surface area contributed by atoms with Crippen molar-refractivity contribution in [2.45, 2.75) is 25.7 Å². The molecule has 1 aliphatic rings. The molecule has 7 rings (SSSR count). The third-order valence-electron chi connectivity index (χ3n) is 7.10. The fraction of sp³-hybridized carbons (Fsp3) is 0.133. The second-order valence-corrected chi connectivity index (χ2v) is 8.87. The highest BCUT2D eigenvalue weighted by Crippen LogP contribution is 2.36. The van der Waals surface area contributed by atoms with Gasteiger partial charge < -0.3 is 9.13 Å². The smallest absolute Gasteiger partial charge is 0.0541 e. The number of benzene rings is 4. The van der Waals surface area contributed by atoms with E-state index >= 15 is 0 Å². The van der Waals surface area contributed by atoms with E-state index in [0.29, 0.717) is 0 Å². The van der Waals surface area contributed by atoms with Crippen molar-refractivity contribution in [3.63, 3.8) is 0 Å². The van der Waals surface area contributed by atoms with Crippen LogP contribution in [0.15, 0.2) is 97.1 Å². The monoisotopic (exact) mass is 412 g/mol. The lowest BCUT2D eigenvalue weighted by molar-refractivity contribution is 0.667. The molecule has 0 saturated heterocycles. The SMILES string of the molecule is c1cc(-n2c3c(c4ccccc42)CCCC3)cc(-n2c3ccccc3c3ccccc32)c1. The fourth-order valence-electron chi connectivity index (χ4n) is 5.76. The molecule has 0 aliphatic heterocycles. The van der Waals surface area contributed by atoms with Gasteiger partial charge in [0.25, 0.3) is 0 Å². The van der Waals surface area contributed by atoms with Gasteiger partial charge in [-0.3, -0.25) is 0 Å². The summed E-state index contributed by atoms with van der Waals surface area (Å²) in [6.07, 6.45) is 4.91. The molecule has 0 atom stereocenters. The Morgan fingerprint density at radius 3 is 1.69 bits per heavy atom. The van der Waals surface area contributed by atoms with Gasteiger partial charge in [0.15, 0.2) is 0 Å². The van der Waals surface area contributed by atoms with Crippen molar-refractivity contribution < 1.29 is 0 Å². The molecular weight excluding hydrogens is 388 g/mol. The molecule has 0 spiro atoms. The zero-order chi connectivity index (χ0) is 21.1. The van der Waals surface area contributed by atoms with Crippen LogP contribution in [-0.2, 0) is 12.8 Å². The summed E-state index contributed by atoms with van der Waals surface area (Å²) >= 11 is 0. The Kier molecular flexibility index (Phi) is 3.83. The van der Waals surface area contributed by atoms with E-state index in [1.807, 2.05) is 0 Å². The van der Waals surface area contributed by atoms with Crippen LogP contribution in [0.2, 0.25) is 0 Å². The number of nitrogens with zero attached hydrogens (tertiary/aromatic N) is 2. The van der Waals surface area contributed by atoms with Crippen LogP contribution in [0.3, 0.4) is 0 Å². The maximum atomic E-state index is 2.52. The van der Waals surface area contributed by atoms with Gasteiger partial charge in [-0.05, 0) is 67.6 Å². The molecule has 2 aromatic heterocycles. The number of fused-ring (bicyclic) bond motifs is 6. The van der Waals surface area contributed by atoms with Crippen molar-refractivity contribution in [2.75, 3.05) is 0 Å². The maximum absolute atomic E-state index is 2.52. The average molecular weight is 413 g/mol. The predicted octanol–water partition coefficient (Wildman–Crippen LogP) is 7.61. The molecule has 0 bridgehead atoms. The topological polar surface area (TPSA) is 9.86 Å². The molecule has 0 radical (unpaired) electrons. The number of aryl methyl sites for hydroxylation is 1. The van der Waals surface area contributed by atoms with Crippen molar-refractivity contribution in [3.05, 3.63) is 108 Å². The molecule has 0 fully saturated rings. The van der Waals surface area contributed by atoms with Gasteiger partial charge in [0, 0.05) is 33.2 Å². The minimum atomic E-state index is 1.16. The summed E-state index contributed by atoms with van der Waals surface area (Å²) < 4.78 is 4.92. The molecule has 0 N–H and O–H groups in total. The normalized spacial score (nSPS) is 13.8. The molecular formula is C30H24N2. The van der Waals surface area contributed by atoms with Crippen molar-refractivity contribution >= 4 is 32.7 Å². The highest BCUT2D eigenvalue weighted by molar-refractivity contribution is 6.09. The van der Waals surface area contributed by atoms with E-state index in [9.17, 15) is 0 Å². The summed E-state index contributed by atoms with van der Waals surface area (Å²) in [4.78, 5) is 0. The van der Waals surface area contributed by atoms with Crippen LogP contribution in [0.1, 0.15) is 24.1 Å². The summed E-state index contributed by atoms with van der Waals surface area (Å²) in [6.45, 7) is 0. The minimum absolute atomic E-state index is 1.16. The third-order valence-corrected chi connectivity index (χ3v) is 7.10. The first-order valence-corrected chi connectivity index (χ1v) is 11.6. The van der Waals surface area contributed by atoms with Crippen LogP contribution in [0, 0.1) is 0 Å². The summed E-state index contributed by atoms with van der Waals surface area (Å²) in [5.74, 6) is 0. The van der Waals surface area contributed by atoms with E-state index in [2.05, 4.69) is 106 Å². The Balaban J connectivity index is 1.52. The van der Waals surface area contributed by atoms with Gasteiger partial charge in [-0.15, -0.1) is 0 Å². The number of rotatable bonds is 2. The molecule has 2 nitrogen and oxygen atoms in total. The molecule has 2 heteroatoms. The Bertz CT molecular complexity index is 1580. The van der Waals surface area contributed by atoms with Gasteiger partial charge in [-0.2, -0.15) is 0 Å². The summed E-state index contributed by atoms with van der Waals surface area (Å²) in [7, 11) is 0. The molecule has 0 unspecified atom stereocenters. The largest absolute Gasteiger partial charge is 0.313 e. The van der Waals surface area contributed by atoms with Gasteiger partial charge >= 0.3 is 0 Å². The Morgan fingerprint density at radius 2 is 1.00 bits per heavy atom. The van der Waals surface area contributed by atoms with Crippen LogP contribution in [0.5, 0.6) is 0 Å². The zero-order valence-corrected chi connectivity index (χ0v) is 18.0. The van der Waals surface area contributed by atoms with Gasteiger partial charge in [0.2, 0.25) is 0 Å². The second kappa shape index (κ2) is 6.86. The quantitative estimate of drug-likeness (QED) is 0.277. The standard InChI is InChI=1S/C30H24N2/c1-5-16-27-23(12-1)24-13-2-6-17-28(24)31(27)21-10-9-11-22(20-21)32-29-18-7-3-14-25(29)26-15-4-8-19-30(26)32/h1-3,5-7,9-14,16-18,20H,4,8,15,19H2. The third kappa shape index (κ3) is 2.47. The lowest BCUT2D eigenvalue weighted by Gasteiger charge is -2.17. The number of hydrogen-bond donors (Lipinski definition) is 0. The highest BCUT2D eigenvalue weighted by atomic mass is 15.0. The van der Waals surface area contributed by atoms with Gasteiger partial charge in [0.1, 0.15) is 0 Å². The maximum Gasteiger partial charge on any atom is 0.0541 e. The molecule has 6 aromatic rings. The Labute approximate surface area is 187 Å².